The van der Waals surface area contributed by atoms with Crippen LogP contribution in [0.5, 0.6) is 0 Å². The highest BCUT2D eigenvalue weighted by molar-refractivity contribution is 7.89. The van der Waals surface area contributed by atoms with E-state index in [1.165, 1.54) is 31.4 Å². The highest BCUT2D eigenvalue weighted by Crippen LogP contribution is 2.28. The summed E-state index contributed by atoms with van der Waals surface area (Å²) >= 11 is 0. The minimum atomic E-state index is -4.22. The van der Waals surface area contributed by atoms with Crippen molar-refractivity contribution in [3.8, 4) is 0 Å². The molecule has 0 aromatic heterocycles. The Morgan fingerprint density at radius 1 is 0.923 bits per heavy atom. The second-order valence-electron chi connectivity index (χ2n) is 9.11. The van der Waals surface area contributed by atoms with Gasteiger partial charge >= 0.3 is 11.9 Å². The zero-order valence-corrected chi connectivity index (χ0v) is 22.3. The van der Waals surface area contributed by atoms with Gasteiger partial charge in [0.2, 0.25) is 15.9 Å². The minimum absolute atomic E-state index is 0.0368. The average molecular weight is 551 g/mol. The highest BCUT2D eigenvalue weighted by Gasteiger charge is 2.42. The summed E-state index contributed by atoms with van der Waals surface area (Å²) in [5.41, 5.74) is 1.49. The first-order valence-corrected chi connectivity index (χ1v) is 14.0. The van der Waals surface area contributed by atoms with Crippen LogP contribution in [0.4, 0.5) is 0 Å². The zero-order chi connectivity index (χ0) is 27.8. The molecule has 1 heterocycles. The van der Waals surface area contributed by atoms with Gasteiger partial charge in [-0.2, -0.15) is 4.31 Å². The van der Waals surface area contributed by atoms with Gasteiger partial charge in [-0.15, -0.1) is 0 Å². The number of rotatable bonds is 10. The molecule has 1 saturated heterocycles. The van der Waals surface area contributed by atoms with E-state index in [0.717, 1.165) is 15.4 Å². The molecule has 9 nitrogen and oxygen atoms in total. The molecule has 2 atom stereocenters. The average Bonchev–Trinajstić information content (AvgIpc) is 3.48. The van der Waals surface area contributed by atoms with Crippen LogP contribution in [0.3, 0.4) is 0 Å². The van der Waals surface area contributed by atoms with E-state index in [0.29, 0.717) is 6.42 Å². The molecule has 1 amide bonds. The Morgan fingerprint density at radius 3 is 2.21 bits per heavy atom. The number of nitrogens with one attached hydrogen (secondary N) is 1. The zero-order valence-electron chi connectivity index (χ0n) is 21.5. The van der Waals surface area contributed by atoms with Crippen molar-refractivity contribution in [3.63, 3.8) is 0 Å². The first-order valence-electron chi connectivity index (χ1n) is 12.6. The smallest absolute Gasteiger partial charge is 0.339 e. The molecule has 1 N–H and O–H groups in total. The predicted octanol–water partition coefficient (Wildman–Crippen LogP) is 3.10. The number of amides is 1. The molecular formula is C29H30N2O7S. The first-order chi connectivity index (χ1) is 18.8. The van der Waals surface area contributed by atoms with E-state index in [1.807, 2.05) is 60.7 Å². The molecule has 204 valence electrons. The molecule has 3 aromatic carbocycles. The van der Waals surface area contributed by atoms with Crippen LogP contribution in [0.15, 0.2) is 89.8 Å². The fourth-order valence-electron chi connectivity index (χ4n) is 4.53. The van der Waals surface area contributed by atoms with Crippen LogP contribution in [0.2, 0.25) is 0 Å². The molecule has 10 heteroatoms. The lowest BCUT2D eigenvalue weighted by Gasteiger charge is -2.26. The van der Waals surface area contributed by atoms with Gasteiger partial charge in [-0.05, 0) is 36.1 Å². The third-order valence-corrected chi connectivity index (χ3v) is 8.46. The Bertz CT molecular complexity index is 1410. The number of methoxy groups -OCH3 is 1. The Morgan fingerprint density at radius 2 is 1.54 bits per heavy atom. The van der Waals surface area contributed by atoms with Crippen molar-refractivity contribution in [1.29, 1.82) is 0 Å². The van der Waals surface area contributed by atoms with Crippen LogP contribution >= 0.6 is 0 Å². The largest absolute Gasteiger partial charge is 0.465 e. The monoisotopic (exact) mass is 550 g/mol. The number of hydrogen-bond acceptors (Lipinski definition) is 7. The molecule has 1 aliphatic heterocycles. The van der Waals surface area contributed by atoms with Crippen molar-refractivity contribution >= 4 is 27.9 Å². The standard InChI is InChI=1S/C29H30N2O7S/c1-37-28(33)23-15-8-9-17-26(23)39(35,36)31-18-10-16-25(31)27(32)30-24(19-21-11-4-2-5-12-21)29(34)38-20-22-13-6-3-7-14-22/h2-9,11-15,17,24-25H,10,16,18-20H2,1H3,(H,30,32)/t24?,25-/m0/s1. The number of hydrogen-bond donors (Lipinski definition) is 1. The normalized spacial score (nSPS) is 16.3. The summed E-state index contributed by atoms with van der Waals surface area (Å²) in [5, 5.41) is 2.73. The summed E-state index contributed by atoms with van der Waals surface area (Å²) in [6.07, 6.45) is 0.882. The quantitative estimate of drug-likeness (QED) is 0.385. The molecule has 1 unspecified atom stereocenters. The summed E-state index contributed by atoms with van der Waals surface area (Å²) < 4.78 is 38.6. The molecule has 0 saturated carbocycles. The molecule has 1 fully saturated rings. The van der Waals surface area contributed by atoms with Crippen molar-refractivity contribution in [2.24, 2.45) is 0 Å². The van der Waals surface area contributed by atoms with Gasteiger partial charge in [0.15, 0.2) is 0 Å². The molecule has 0 radical (unpaired) electrons. The summed E-state index contributed by atoms with van der Waals surface area (Å²) in [5.74, 6) is -2.03. The van der Waals surface area contributed by atoms with E-state index in [-0.39, 0.29) is 36.5 Å². The number of carbonyl (C=O) groups excluding carboxylic acids is 3. The predicted molar refractivity (Wildman–Crippen MR) is 143 cm³/mol. The maximum atomic E-state index is 13.6. The van der Waals surface area contributed by atoms with Gasteiger partial charge in [-0.25, -0.2) is 18.0 Å². The first kappa shape index (κ1) is 28.0. The van der Waals surface area contributed by atoms with Crippen LogP contribution in [0.25, 0.3) is 0 Å². The highest BCUT2D eigenvalue weighted by atomic mass is 32.2. The Balaban J connectivity index is 1.54. The van der Waals surface area contributed by atoms with Crippen LogP contribution < -0.4 is 5.32 Å². The van der Waals surface area contributed by atoms with Gasteiger partial charge in [-0.1, -0.05) is 72.8 Å². The second-order valence-corrected chi connectivity index (χ2v) is 11.0. The topological polar surface area (TPSA) is 119 Å². The van der Waals surface area contributed by atoms with Crippen molar-refractivity contribution in [2.75, 3.05) is 13.7 Å². The van der Waals surface area contributed by atoms with Gasteiger partial charge in [0.25, 0.3) is 0 Å². The van der Waals surface area contributed by atoms with Crippen molar-refractivity contribution < 1.29 is 32.3 Å². The third-order valence-electron chi connectivity index (χ3n) is 6.49. The van der Waals surface area contributed by atoms with Gasteiger partial charge in [-0.3, -0.25) is 4.79 Å². The second kappa shape index (κ2) is 12.7. The minimum Gasteiger partial charge on any atom is -0.465 e. The SMILES string of the molecule is COC(=O)c1ccccc1S(=O)(=O)N1CCC[C@H]1C(=O)NC(Cc1ccccc1)C(=O)OCc1ccccc1. The van der Waals surface area contributed by atoms with Gasteiger partial charge < -0.3 is 14.8 Å². The lowest BCUT2D eigenvalue weighted by molar-refractivity contribution is -0.149. The molecule has 4 rings (SSSR count). The van der Waals surface area contributed by atoms with Crippen molar-refractivity contribution in [2.45, 2.75) is 42.8 Å². The van der Waals surface area contributed by atoms with Crippen LogP contribution in [-0.2, 0) is 42.1 Å². The lowest BCUT2D eigenvalue weighted by atomic mass is 10.1. The van der Waals surface area contributed by atoms with E-state index in [1.54, 1.807) is 0 Å². The molecule has 0 spiro atoms. The summed E-state index contributed by atoms with van der Waals surface area (Å²) in [6, 6.07) is 22.0. The maximum absolute atomic E-state index is 13.6. The van der Waals surface area contributed by atoms with E-state index in [2.05, 4.69) is 5.32 Å². The number of sulfonamides is 1. The number of carbonyl (C=O) groups is 3. The third kappa shape index (κ3) is 6.71. The molecule has 3 aromatic rings. The number of ether oxygens (including phenoxy) is 2. The van der Waals surface area contributed by atoms with E-state index in [4.69, 9.17) is 9.47 Å². The van der Waals surface area contributed by atoms with Crippen LogP contribution in [0.1, 0.15) is 34.3 Å². The maximum Gasteiger partial charge on any atom is 0.339 e. The summed E-state index contributed by atoms with van der Waals surface area (Å²) in [6.45, 7) is 0.132. The van der Waals surface area contributed by atoms with E-state index >= 15 is 0 Å². The van der Waals surface area contributed by atoms with Crippen molar-refractivity contribution in [1.82, 2.24) is 9.62 Å². The van der Waals surface area contributed by atoms with Gasteiger partial charge in [0.05, 0.1) is 17.6 Å². The molecular weight excluding hydrogens is 520 g/mol. The Labute approximate surface area is 227 Å². The van der Waals surface area contributed by atoms with E-state index in [9.17, 15) is 22.8 Å². The fourth-order valence-corrected chi connectivity index (χ4v) is 6.36. The lowest BCUT2D eigenvalue weighted by Crippen LogP contribution is -2.51. The number of esters is 2. The van der Waals surface area contributed by atoms with Crippen molar-refractivity contribution in [3.05, 3.63) is 102 Å². The number of benzene rings is 3. The summed E-state index contributed by atoms with van der Waals surface area (Å²) in [7, 11) is -3.06. The molecule has 0 bridgehead atoms. The van der Waals surface area contributed by atoms with Crippen LogP contribution in [0, 0.1) is 0 Å². The van der Waals surface area contributed by atoms with E-state index < -0.39 is 40.0 Å². The fraction of sp³-hybridized carbons (Fsp3) is 0.276. The molecule has 0 aliphatic carbocycles. The van der Waals surface area contributed by atoms with Gasteiger partial charge in [0, 0.05) is 13.0 Å². The molecule has 39 heavy (non-hydrogen) atoms. The number of nitrogens with zero attached hydrogens (tertiary/aromatic N) is 1. The molecule has 1 aliphatic rings. The van der Waals surface area contributed by atoms with Gasteiger partial charge in [0.1, 0.15) is 18.7 Å². The van der Waals surface area contributed by atoms with Crippen LogP contribution in [-0.4, -0.2) is 56.3 Å². The summed E-state index contributed by atoms with van der Waals surface area (Å²) in [4.78, 5) is 38.6. The Kier molecular flexibility index (Phi) is 9.11. The Hall–Kier alpha value is -4.02.